The zero-order chi connectivity index (χ0) is 15.4. The fourth-order valence-electron chi connectivity index (χ4n) is 1.59. The third kappa shape index (κ3) is 5.41. The van der Waals surface area contributed by atoms with Crippen LogP contribution in [-0.4, -0.2) is 25.7 Å². The summed E-state index contributed by atoms with van der Waals surface area (Å²) in [6.07, 6.45) is 0. The minimum absolute atomic E-state index is 0.292. The van der Waals surface area contributed by atoms with Crippen molar-refractivity contribution in [3.63, 3.8) is 0 Å². The van der Waals surface area contributed by atoms with Gasteiger partial charge in [0.1, 0.15) is 11.4 Å². The van der Waals surface area contributed by atoms with Gasteiger partial charge in [-0.15, -0.1) is 0 Å². The first-order valence-corrected chi connectivity index (χ1v) is 7.85. The first-order chi connectivity index (χ1) is 9.13. The van der Waals surface area contributed by atoms with Crippen molar-refractivity contribution in [3.05, 3.63) is 35.4 Å². The van der Waals surface area contributed by atoms with Crippen molar-refractivity contribution in [1.29, 1.82) is 5.26 Å². The van der Waals surface area contributed by atoms with E-state index in [-0.39, 0.29) is 5.75 Å². The quantitative estimate of drug-likeness (QED) is 0.791. The second-order valence-electron chi connectivity index (χ2n) is 5.39. The maximum atomic E-state index is 12.0. The van der Waals surface area contributed by atoms with Crippen LogP contribution in [0.3, 0.4) is 0 Å². The summed E-state index contributed by atoms with van der Waals surface area (Å²) in [7, 11) is -3.66. The molecular formula is C14H17NO4S. The first-order valence-electron chi connectivity index (χ1n) is 6.03. The fraction of sp³-hybridized carbons (Fsp3) is 0.429. The molecule has 0 saturated carbocycles. The van der Waals surface area contributed by atoms with E-state index < -0.39 is 27.2 Å². The van der Waals surface area contributed by atoms with E-state index in [9.17, 15) is 13.2 Å². The summed E-state index contributed by atoms with van der Waals surface area (Å²) in [6.45, 7) is 5.01. The van der Waals surface area contributed by atoms with E-state index in [1.165, 1.54) is 0 Å². The van der Waals surface area contributed by atoms with Crippen LogP contribution in [0.4, 0.5) is 0 Å². The molecule has 1 rings (SSSR count). The van der Waals surface area contributed by atoms with E-state index in [2.05, 4.69) is 0 Å². The van der Waals surface area contributed by atoms with Gasteiger partial charge in [-0.05, 0) is 32.4 Å². The fourth-order valence-corrected chi connectivity index (χ4v) is 2.84. The molecule has 1 aromatic carbocycles. The normalized spacial score (nSPS) is 11.7. The number of sulfone groups is 1. The van der Waals surface area contributed by atoms with E-state index in [4.69, 9.17) is 10.00 Å². The number of ether oxygens (including phenoxy) is 1. The Kier molecular flexibility index (Phi) is 4.90. The molecule has 0 bridgehead atoms. The van der Waals surface area contributed by atoms with Crippen LogP contribution in [0.15, 0.2) is 24.3 Å². The highest BCUT2D eigenvalue weighted by Crippen LogP contribution is 2.13. The summed E-state index contributed by atoms with van der Waals surface area (Å²) >= 11 is 0. The summed E-state index contributed by atoms with van der Waals surface area (Å²) in [5.41, 5.74) is -0.0456. The number of carbonyl (C=O) groups excluding carboxylic acids is 1. The van der Waals surface area contributed by atoms with Gasteiger partial charge in [-0.1, -0.05) is 18.2 Å². The highest BCUT2D eigenvalue weighted by atomic mass is 32.2. The van der Waals surface area contributed by atoms with Gasteiger partial charge in [0.05, 0.1) is 17.4 Å². The lowest BCUT2D eigenvalue weighted by atomic mass is 10.1. The molecule has 108 valence electrons. The van der Waals surface area contributed by atoms with Crippen molar-refractivity contribution >= 4 is 15.8 Å². The highest BCUT2D eigenvalue weighted by Gasteiger charge is 2.23. The molecule has 0 aromatic heterocycles. The molecule has 0 fully saturated rings. The SMILES string of the molecule is CC(C)(C)OC(=O)CS(=O)(=O)Cc1ccccc1C#N. The average molecular weight is 295 g/mol. The van der Waals surface area contributed by atoms with Gasteiger partial charge in [-0.3, -0.25) is 4.79 Å². The lowest BCUT2D eigenvalue weighted by Crippen LogP contribution is -2.29. The van der Waals surface area contributed by atoms with Crippen molar-refractivity contribution in [2.24, 2.45) is 0 Å². The van der Waals surface area contributed by atoms with Gasteiger partial charge >= 0.3 is 5.97 Å². The predicted molar refractivity (Wildman–Crippen MR) is 74.5 cm³/mol. The molecule has 6 heteroatoms. The topological polar surface area (TPSA) is 84.2 Å². The third-order valence-corrected chi connectivity index (χ3v) is 3.70. The second kappa shape index (κ2) is 6.06. The number of nitriles is 1. The minimum atomic E-state index is -3.66. The van der Waals surface area contributed by atoms with Gasteiger partial charge < -0.3 is 4.74 Å². The Labute approximate surface area is 119 Å². The van der Waals surface area contributed by atoms with Crippen LogP contribution in [0.5, 0.6) is 0 Å². The van der Waals surface area contributed by atoms with Crippen molar-refractivity contribution in [3.8, 4) is 6.07 Å². The molecule has 0 unspecified atom stereocenters. The molecule has 1 aromatic rings. The summed E-state index contributed by atoms with van der Waals surface area (Å²) < 4.78 is 28.9. The molecule has 0 aliphatic rings. The number of hydrogen-bond donors (Lipinski definition) is 0. The van der Waals surface area contributed by atoms with Crippen LogP contribution in [0, 0.1) is 11.3 Å². The van der Waals surface area contributed by atoms with Crippen LogP contribution in [0.1, 0.15) is 31.9 Å². The molecule has 20 heavy (non-hydrogen) atoms. The van der Waals surface area contributed by atoms with E-state index in [1.54, 1.807) is 45.0 Å². The Hall–Kier alpha value is -1.87. The Balaban J connectivity index is 2.81. The molecule has 0 radical (unpaired) electrons. The molecule has 0 saturated heterocycles. The maximum absolute atomic E-state index is 12.0. The third-order valence-electron chi connectivity index (χ3n) is 2.27. The molecule has 0 amide bonds. The Bertz CT molecular complexity index is 636. The second-order valence-corrected chi connectivity index (χ2v) is 7.45. The Morgan fingerprint density at radius 3 is 2.45 bits per heavy atom. The monoisotopic (exact) mass is 295 g/mol. The van der Waals surface area contributed by atoms with Crippen LogP contribution in [-0.2, 0) is 25.1 Å². The van der Waals surface area contributed by atoms with Crippen LogP contribution < -0.4 is 0 Å². The first kappa shape index (κ1) is 16.2. The molecule has 0 spiro atoms. The van der Waals surface area contributed by atoms with Crippen molar-refractivity contribution in [2.75, 3.05) is 5.75 Å². The zero-order valence-electron chi connectivity index (χ0n) is 11.7. The molecule has 0 aliphatic carbocycles. The number of carbonyl (C=O) groups is 1. The molecule has 0 heterocycles. The summed E-state index contributed by atoms with van der Waals surface area (Å²) in [5, 5.41) is 8.91. The van der Waals surface area contributed by atoms with Crippen molar-refractivity contribution < 1.29 is 17.9 Å². The lowest BCUT2D eigenvalue weighted by Gasteiger charge is -2.19. The molecule has 5 nitrogen and oxygen atoms in total. The lowest BCUT2D eigenvalue weighted by molar-refractivity contribution is -0.151. The van der Waals surface area contributed by atoms with E-state index in [0.29, 0.717) is 11.1 Å². The van der Waals surface area contributed by atoms with Gasteiger partial charge in [0.15, 0.2) is 9.84 Å². The predicted octanol–water partition coefficient (Wildman–Crippen LogP) is 1.81. The van der Waals surface area contributed by atoms with Crippen molar-refractivity contribution in [2.45, 2.75) is 32.1 Å². The van der Waals surface area contributed by atoms with Gasteiger partial charge in [0.25, 0.3) is 0 Å². The molecular weight excluding hydrogens is 278 g/mol. The molecule has 0 aliphatic heterocycles. The van der Waals surface area contributed by atoms with Gasteiger partial charge in [-0.2, -0.15) is 5.26 Å². The summed E-state index contributed by atoms with van der Waals surface area (Å²) in [4.78, 5) is 11.6. The number of esters is 1. The van der Waals surface area contributed by atoms with Gasteiger partial charge in [0, 0.05) is 0 Å². The highest BCUT2D eigenvalue weighted by molar-refractivity contribution is 7.91. The number of hydrogen-bond acceptors (Lipinski definition) is 5. The smallest absolute Gasteiger partial charge is 0.321 e. The van der Waals surface area contributed by atoms with Crippen LogP contribution in [0.25, 0.3) is 0 Å². The number of rotatable bonds is 4. The van der Waals surface area contributed by atoms with Crippen LogP contribution in [0.2, 0.25) is 0 Å². The Morgan fingerprint density at radius 1 is 1.30 bits per heavy atom. The maximum Gasteiger partial charge on any atom is 0.321 e. The summed E-state index contributed by atoms with van der Waals surface area (Å²) in [6, 6.07) is 8.34. The summed E-state index contributed by atoms with van der Waals surface area (Å²) in [5.74, 6) is -1.83. The van der Waals surface area contributed by atoms with Crippen LogP contribution >= 0.6 is 0 Å². The average Bonchev–Trinajstić information content (AvgIpc) is 2.25. The Morgan fingerprint density at radius 2 is 1.90 bits per heavy atom. The van der Waals surface area contributed by atoms with E-state index >= 15 is 0 Å². The van der Waals surface area contributed by atoms with E-state index in [0.717, 1.165) is 0 Å². The zero-order valence-corrected chi connectivity index (χ0v) is 12.5. The van der Waals surface area contributed by atoms with Crippen molar-refractivity contribution in [1.82, 2.24) is 0 Å². The van der Waals surface area contributed by atoms with Gasteiger partial charge in [-0.25, -0.2) is 8.42 Å². The minimum Gasteiger partial charge on any atom is -0.459 e. The molecule has 0 N–H and O–H groups in total. The largest absolute Gasteiger partial charge is 0.459 e. The standard InChI is InChI=1S/C14H17NO4S/c1-14(2,3)19-13(16)10-20(17,18)9-12-7-5-4-6-11(12)8-15/h4-7H,9-10H2,1-3H3. The van der Waals surface area contributed by atoms with E-state index in [1.807, 2.05) is 6.07 Å². The number of benzene rings is 1. The molecule has 0 atom stereocenters. The number of nitrogens with zero attached hydrogens (tertiary/aromatic N) is 1. The van der Waals surface area contributed by atoms with Gasteiger partial charge in [0.2, 0.25) is 0 Å².